The highest BCUT2D eigenvalue weighted by molar-refractivity contribution is 5.84. The summed E-state index contributed by atoms with van der Waals surface area (Å²) in [6, 6.07) is 5.70. The molecular formula is C12H12N2O2. The molecule has 0 unspecified atom stereocenters. The van der Waals surface area contributed by atoms with Gasteiger partial charge in [0.2, 0.25) is 0 Å². The highest BCUT2D eigenvalue weighted by atomic mass is 16.5. The maximum Gasteiger partial charge on any atom is 0.278 e. The monoisotopic (exact) mass is 216 g/mol. The predicted molar refractivity (Wildman–Crippen MR) is 62.7 cm³/mol. The summed E-state index contributed by atoms with van der Waals surface area (Å²) in [5, 5.41) is 0. The fraction of sp³-hybridized carbons (Fsp3) is 0.167. The molecule has 0 fully saturated rings. The maximum absolute atomic E-state index is 5.11. The number of benzene rings is 1. The van der Waals surface area contributed by atoms with Crippen molar-refractivity contribution < 1.29 is 9.47 Å². The lowest BCUT2D eigenvalue weighted by Crippen LogP contribution is -1.98. The van der Waals surface area contributed by atoms with Gasteiger partial charge >= 0.3 is 0 Å². The maximum atomic E-state index is 5.11. The van der Waals surface area contributed by atoms with Crippen LogP contribution in [0.5, 0.6) is 11.8 Å². The average molecular weight is 216 g/mol. The Balaban J connectivity index is 2.77. The lowest BCUT2D eigenvalue weighted by atomic mass is 10.2. The van der Waals surface area contributed by atoms with E-state index in [1.54, 1.807) is 6.08 Å². The molecule has 2 aromatic rings. The first-order valence-electron chi connectivity index (χ1n) is 4.81. The minimum atomic E-state index is 0.379. The van der Waals surface area contributed by atoms with Crippen molar-refractivity contribution in [3.63, 3.8) is 0 Å². The van der Waals surface area contributed by atoms with E-state index in [0.29, 0.717) is 11.8 Å². The Morgan fingerprint density at radius 1 is 1.12 bits per heavy atom. The van der Waals surface area contributed by atoms with Gasteiger partial charge in [0.1, 0.15) is 5.52 Å². The molecule has 1 aromatic carbocycles. The van der Waals surface area contributed by atoms with E-state index in [4.69, 9.17) is 9.47 Å². The van der Waals surface area contributed by atoms with Gasteiger partial charge in [0.15, 0.2) is 0 Å². The van der Waals surface area contributed by atoms with Crippen molar-refractivity contribution in [2.75, 3.05) is 14.2 Å². The van der Waals surface area contributed by atoms with Crippen molar-refractivity contribution in [3.05, 3.63) is 30.3 Å². The molecule has 4 nitrogen and oxygen atoms in total. The fourth-order valence-corrected chi connectivity index (χ4v) is 1.50. The Morgan fingerprint density at radius 3 is 2.44 bits per heavy atom. The number of rotatable bonds is 3. The molecule has 0 aliphatic carbocycles. The van der Waals surface area contributed by atoms with Gasteiger partial charge in [-0.1, -0.05) is 24.8 Å². The van der Waals surface area contributed by atoms with E-state index < -0.39 is 0 Å². The molecule has 1 aromatic heterocycles. The van der Waals surface area contributed by atoms with Gasteiger partial charge in [-0.25, -0.2) is 9.97 Å². The summed E-state index contributed by atoms with van der Waals surface area (Å²) in [6.45, 7) is 3.74. The van der Waals surface area contributed by atoms with Crippen LogP contribution in [-0.4, -0.2) is 24.2 Å². The molecule has 0 atom stereocenters. The number of para-hydroxylation sites is 1. The molecule has 0 aliphatic heterocycles. The molecule has 82 valence electrons. The van der Waals surface area contributed by atoms with Gasteiger partial charge in [-0.3, -0.25) is 0 Å². The van der Waals surface area contributed by atoms with Crippen LogP contribution in [-0.2, 0) is 0 Å². The first kappa shape index (κ1) is 10.4. The van der Waals surface area contributed by atoms with Gasteiger partial charge in [-0.15, -0.1) is 0 Å². The Hall–Kier alpha value is -2.10. The smallest absolute Gasteiger partial charge is 0.278 e. The van der Waals surface area contributed by atoms with Crippen molar-refractivity contribution in [1.29, 1.82) is 0 Å². The Labute approximate surface area is 93.5 Å². The van der Waals surface area contributed by atoms with Crippen molar-refractivity contribution in [2.45, 2.75) is 0 Å². The summed E-state index contributed by atoms with van der Waals surface area (Å²) in [5.41, 5.74) is 2.44. The number of nitrogens with zero attached hydrogens (tertiary/aromatic N) is 2. The minimum Gasteiger partial charge on any atom is -0.477 e. The Morgan fingerprint density at radius 2 is 1.81 bits per heavy atom. The normalized spacial score (nSPS) is 10.1. The Bertz CT molecular complexity index is 538. The zero-order chi connectivity index (χ0) is 11.5. The van der Waals surface area contributed by atoms with Crippen LogP contribution in [0.15, 0.2) is 24.8 Å². The number of ether oxygens (including phenoxy) is 2. The number of fused-ring (bicyclic) bond motifs is 1. The van der Waals surface area contributed by atoms with E-state index in [2.05, 4.69) is 16.5 Å². The molecule has 2 rings (SSSR count). The van der Waals surface area contributed by atoms with Crippen LogP contribution in [0.4, 0.5) is 0 Å². The predicted octanol–water partition coefficient (Wildman–Crippen LogP) is 2.29. The molecular weight excluding hydrogens is 204 g/mol. The van der Waals surface area contributed by atoms with Crippen LogP contribution in [0.2, 0.25) is 0 Å². The van der Waals surface area contributed by atoms with E-state index in [0.717, 1.165) is 16.6 Å². The van der Waals surface area contributed by atoms with E-state index in [9.17, 15) is 0 Å². The molecule has 0 spiro atoms. The second-order valence-corrected chi connectivity index (χ2v) is 3.16. The average Bonchev–Trinajstić information content (AvgIpc) is 2.36. The molecule has 0 radical (unpaired) electrons. The third-order valence-electron chi connectivity index (χ3n) is 2.27. The topological polar surface area (TPSA) is 44.2 Å². The van der Waals surface area contributed by atoms with Crippen molar-refractivity contribution in [3.8, 4) is 11.8 Å². The van der Waals surface area contributed by atoms with E-state index in [-0.39, 0.29) is 0 Å². The van der Waals surface area contributed by atoms with Gasteiger partial charge in [0.05, 0.1) is 19.7 Å². The van der Waals surface area contributed by atoms with Gasteiger partial charge in [-0.05, 0) is 6.07 Å². The van der Waals surface area contributed by atoms with Crippen LogP contribution in [0.25, 0.3) is 17.1 Å². The molecule has 0 bridgehead atoms. The summed E-state index contributed by atoms with van der Waals surface area (Å²) in [7, 11) is 3.07. The number of aromatic nitrogens is 2. The lowest BCUT2D eigenvalue weighted by molar-refractivity contribution is 0.334. The molecule has 1 heterocycles. The number of hydrogen-bond donors (Lipinski definition) is 0. The SMILES string of the molecule is C=Cc1cccc2nc(OC)c(OC)nc12. The van der Waals surface area contributed by atoms with E-state index >= 15 is 0 Å². The van der Waals surface area contributed by atoms with Crippen molar-refractivity contribution in [2.24, 2.45) is 0 Å². The van der Waals surface area contributed by atoms with Crippen molar-refractivity contribution in [1.82, 2.24) is 9.97 Å². The van der Waals surface area contributed by atoms with Crippen LogP contribution in [0.3, 0.4) is 0 Å². The third kappa shape index (κ3) is 1.58. The second-order valence-electron chi connectivity index (χ2n) is 3.16. The lowest BCUT2D eigenvalue weighted by Gasteiger charge is -2.07. The van der Waals surface area contributed by atoms with E-state index in [1.807, 2.05) is 18.2 Å². The highest BCUT2D eigenvalue weighted by Crippen LogP contribution is 2.26. The standard InChI is InChI=1S/C12H12N2O2/c1-4-8-6-5-7-9-10(8)14-12(16-3)11(13-9)15-2/h4-7H,1H2,2-3H3. The van der Waals surface area contributed by atoms with Gasteiger partial charge in [0.25, 0.3) is 11.8 Å². The van der Waals surface area contributed by atoms with E-state index in [1.165, 1.54) is 14.2 Å². The molecule has 0 aliphatic rings. The van der Waals surface area contributed by atoms with Crippen LogP contribution in [0, 0.1) is 0 Å². The first-order chi connectivity index (χ1) is 7.80. The molecule has 0 saturated carbocycles. The molecule has 0 N–H and O–H groups in total. The zero-order valence-corrected chi connectivity index (χ0v) is 9.23. The summed E-state index contributed by atoms with van der Waals surface area (Å²) < 4.78 is 10.2. The summed E-state index contributed by atoms with van der Waals surface area (Å²) in [6.07, 6.45) is 1.74. The third-order valence-corrected chi connectivity index (χ3v) is 2.27. The quantitative estimate of drug-likeness (QED) is 0.789. The van der Waals surface area contributed by atoms with Crippen LogP contribution < -0.4 is 9.47 Å². The Kier molecular flexibility index (Phi) is 2.72. The summed E-state index contributed by atoms with van der Waals surface area (Å²) in [5.74, 6) is 0.764. The molecule has 0 amide bonds. The highest BCUT2D eigenvalue weighted by Gasteiger charge is 2.10. The number of methoxy groups -OCH3 is 2. The fourth-order valence-electron chi connectivity index (χ4n) is 1.50. The van der Waals surface area contributed by atoms with Gasteiger partial charge < -0.3 is 9.47 Å². The minimum absolute atomic E-state index is 0.379. The van der Waals surface area contributed by atoms with Crippen LogP contribution >= 0.6 is 0 Å². The van der Waals surface area contributed by atoms with Gasteiger partial charge in [-0.2, -0.15) is 0 Å². The second kappa shape index (κ2) is 4.18. The molecule has 16 heavy (non-hydrogen) atoms. The zero-order valence-electron chi connectivity index (χ0n) is 9.23. The summed E-state index contributed by atoms with van der Waals surface area (Å²) >= 11 is 0. The van der Waals surface area contributed by atoms with Crippen molar-refractivity contribution >= 4 is 17.1 Å². The summed E-state index contributed by atoms with van der Waals surface area (Å²) in [4.78, 5) is 8.67. The van der Waals surface area contributed by atoms with Gasteiger partial charge in [0, 0.05) is 5.56 Å². The largest absolute Gasteiger partial charge is 0.477 e. The van der Waals surface area contributed by atoms with Crippen LogP contribution in [0.1, 0.15) is 5.56 Å². The first-order valence-corrected chi connectivity index (χ1v) is 4.81. The molecule has 0 saturated heterocycles. The molecule has 4 heteroatoms. The number of hydrogen-bond acceptors (Lipinski definition) is 4.